The number of hydrogen-bond acceptors (Lipinski definition) is 4. The summed E-state index contributed by atoms with van der Waals surface area (Å²) in [6.07, 6.45) is 1.64. The van der Waals surface area contributed by atoms with Crippen molar-refractivity contribution in [3.05, 3.63) is 43.7 Å². The number of nitrogen functional groups attached to an aromatic ring is 1. The highest BCUT2D eigenvalue weighted by Crippen LogP contribution is 2.41. The van der Waals surface area contributed by atoms with Gasteiger partial charge < -0.3 is 10.5 Å². The van der Waals surface area contributed by atoms with Crippen LogP contribution in [0.4, 0.5) is 5.69 Å². The fraction of sp³-hybridized carbons (Fsp3) is 0.286. The highest BCUT2D eigenvalue weighted by Gasteiger charge is 2.27. The van der Waals surface area contributed by atoms with Gasteiger partial charge in [0.05, 0.1) is 10.0 Å². The number of halogens is 2. The summed E-state index contributed by atoms with van der Waals surface area (Å²) in [5.41, 5.74) is 7.48. The van der Waals surface area contributed by atoms with Crippen LogP contribution in [-0.4, -0.2) is 10.2 Å². The van der Waals surface area contributed by atoms with E-state index in [4.69, 9.17) is 33.7 Å². The van der Waals surface area contributed by atoms with E-state index in [2.05, 4.69) is 10.2 Å². The highest BCUT2D eigenvalue weighted by molar-refractivity contribution is 6.37. The molecule has 0 saturated heterocycles. The molecule has 1 heterocycles. The maximum Gasteiger partial charge on any atom is 0.268 e. The van der Waals surface area contributed by atoms with Gasteiger partial charge in [-0.25, -0.2) is 5.10 Å². The Kier molecular flexibility index (Phi) is 3.55. The summed E-state index contributed by atoms with van der Waals surface area (Å²) in [6, 6.07) is 3.11. The lowest BCUT2D eigenvalue weighted by molar-refractivity contribution is 0.448. The molecule has 0 amide bonds. The van der Waals surface area contributed by atoms with E-state index < -0.39 is 0 Å². The van der Waals surface area contributed by atoms with Gasteiger partial charge in [-0.2, -0.15) is 0 Å². The number of aromatic amines is 1. The van der Waals surface area contributed by atoms with Gasteiger partial charge >= 0.3 is 0 Å². The molecule has 0 spiro atoms. The minimum absolute atomic E-state index is 0.170. The third-order valence-corrected chi connectivity index (χ3v) is 4.19. The first-order valence-electron chi connectivity index (χ1n) is 6.51. The first kappa shape index (κ1) is 14.2. The third kappa shape index (κ3) is 2.47. The third-order valence-electron chi connectivity index (χ3n) is 3.63. The SMILES string of the molecule is C[C@H]1CCc2c(Oc3c(Cl)cc(N)cc3Cl)n[nH]c(=O)c21. The Morgan fingerprint density at radius 1 is 1.38 bits per heavy atom. The lowest BCUT2D eigenvalue weighted by Crippen LogP contribution is -2.16. The zero-order valence-electron chi connectivity index (χ0n) is 11.2. The standard InChI is InChI=1S/C14H13Cl2N3O2/c1-6-2-3-8-11(6)13(20)18-19-14(8)21-12-9(15)4-7(17)5-10(12)16/h4-6H,2-3,17H2,1H3,(H,18,20)/t6-/m0/s1. The van der Waals surface area contributed by atoms with Crippen LogP contribution in [-0.2, 0) is 6.42 Å². The minimum Gasteiger partial charge on any atom is -0.434 e. The molecule has 21 heavy (non-hydrogen) atoms. The first-order chi connectivity index (χ1) is 9.97. The van der Waals surface area contributed by atoms with Crippen molar-refractivity contribution >= 4 is 28.9 Å². The summed E-state index contributed by atoms with van der Waals surface area (Å²) >= 11 is 12.2. The van der Waals surface area contributed by atoms with Gasteiger partial charge in [0.15, 0.2) is 5.75 Å². The van der Waals surface area contributed by atoms with Crippen LogP contribution in [0.1, 0.15) is 30.4 Å². The van der Waals surface area contributed by atoms with Crippen LogP contribution >= 0.6 is 23.2 Å². The summed E-state index contributed by atoms with van der Waals surface area (Å²) in [5.74, 6) is 0.808. The van der Waals surface area contributed by atoms with E-state index in [1.807, 2.05) is 6.92 Å². The van der Waals surface area contributed by atoms with Crippen molar-refractivity contribution < 1.29 is 4.74 Å². The molecule has 0 fully saturated rings. The van der Waals surface area contributed by atoms with Crippen molar-refractivity contribution in [2.45, 2.75) is 25.7 Å². The Balaban J connectivity index is 2.07. The topological polar surface area (TPSA) is 81.0 Å². The first-order valence-corrected chi connectivity index (χ1v) is 7.26. The monoisotopic (exact) mass is 325 g/mol. The van der Waals surface area contributed by atoms with Crippen molar-refractivity contribution in [3.63, 3.8) is 0 Å². The number of H-pyrrole nitrogens is 1. The van der Waals surface area contributed by atoms with E-state index in [9.17, 15) is 4.79 Å². The molecule has 110 valence electrons. The van der Waals surface area contributed by atoms with Crippen LogP contribution in [0.5, 0.6) is 11.6 Å². The van der Waals surface area contributed by atoms with Crippen LogP contribution in [0.2, 0.25) is 10.0 Å². The molecular weight excluding hydrogens is 313 g/mol. The second-order valence-corrected chi connectivity index (χ2v) is 5.92. The number of nitrogens with two attached hydrogens (primary N) is 1. The molecule has 1 aliphatic carbocycles. The van der Waals surface area contributed by atoms with Gasteiger partial charge in [0.1, 0.15) is 0 Å². The number of aromatic nitrogens is 2. The zero-order chi connectivity index (χ0) is 15.1. The second-order valence-electron chi connectivity index (χ2n) is 5.11. The molecule has 7 heteroatoms. The lowest BCUT2D eigenvalue weighted by Gasteiger charge is -2.12. The number of nitrogens with one attached hydrogen (secondary N) is 1. The molecule has 1 aromatic carbocycles. The summed E-state index contributed by atoms with van der Waals surface area (Å²) in [4.78, 5) is 11.9. The Morgan fingerprint density at radius 3 is 2.71 bits per heavy atom. The van der Waals surface area contributed by atoms with Crippen LogP contribution in [0.3, 0.4) is 0 Å². The predicted octanol–water partition coefficient (Wildman–Crippen LogP) is 3.50. The zero-order valence-corrected chi connectivity index (χ0v) is 12.8. The number of ether oxygens (including phenoxy) is 1. The molecule has 0 radical (unpaired) electrons. The molecule has 3 N–H and O–H groups in total. The van der Waals surface area contributed by atoms with Crippen molar-refractivity contribution in [1.82, 2.24) is 10.2 Å². The minimum atomic E-state index is -0.170. The molecule has 0 unspecified atom stereocenters. The number of nitrogens with zero attached hydrogens (tertiary/aromatic N) is 1. The van der Waals surface area contributed by atoms with Gasteiger partial charge in [-0.1, -0.05) is 30.1 Å². The predicted molar refractivity (Wildman–Crippen MR) is 82.5 cm³/mol. The summed E-state index contributed by atoms with van der Waals surface area (Å²) < 4.78 is 5.74. The summed E-state index contributed by atoms with van der Waals surface area (Å²) in [7, 11) is 0. The molecular formula is C14H13Cl2N3O2. The number of rotatable bonds is 2. The van der Waals surface area contributed by atoms with E-state index in [-0.39, 0.29) is 17.2 Å². The smallest absolute Gasteiger partial charge is 0.268 e. The quantitative estimate of drug-likeness (QED) is 0.828. The van der Waals surface area contributed by atoms with E-state index >= 15 is 0 Å². The van der Waals surface area contributed by atoms with Crippen molar-refractivity contribution in [3.8, 4) is 11.6 Å². The van der Waals surface area contributed by atoms with Crippen molar-refractivity contribution in [2.24, 2.45) is 0 Å². The number of benzene rings is 1. The van der Waals surface area contributed by atoms with Gasteiger partial charge in [0.2, 0.25) is 5.88 Å². The molecule has 5 nitrogen and oxygen atoms in total. The normalized spacial score (nSPS) is 16.8. The van der Waals surface area contributed by atoms with Gasteiger partial charge in [0, 0.05) is 16.8 Å². The average Bonchev–Trinajstić information content (AvgIpc) is 2.79. The van der Waals surface area contributed by atoms with E-state index in [0.717, 1.165) is 24.0 Å². The number of fused-ring (bicyclic) bond motifs is 1. The fourth-order valence-corrected chi connectivity index (χ4v) is 3.19. The number of hydrogen-bond donors (Lipinski definition) is 2. The largest absolute Gasteiger partial charge is 0.434 e. The van der Waals surface area contributed by atoms with Gasteiger partial charge in [-0.3, -0.25) is 4.79 Å². The molecule has 2 aromatic rings. The maximum absolute atomic E-state index is 11.9. The molecule has 0 aliphatic heterocycles. The second kappa shape index (κ2) is 5.24. The van der Waals surface area contributed by atoms with E-state index in [1.54, 1.807) is 12.1 Å². The van der Waals surface area contributed by atoms with Crippen molar-refractivity contribution in [2.75, 3.05) is 5.73 Å². The Labute approximate surface area is 131 Å². The summed E-state index contributed by atoms with van der Waals surface area (Å²) in [5, 5.41) is 7.03. The fourth-order valence-electron chi connectivity index (χ4n) is 2.61. The number of anilines is 1. The van der Waals surface area contributed by atoms with Crippen LogP contribution < -0.4 is 16.0 Å². The van der Waals surface area contributed by atoms with Gasteiger partial charge in [0.25, 0.3) is 5.56 Å². The van der Waals surface area contributed by atoms with E-state index in [0.29, 0.717) is 21.6 Å². The molecule has 1 atom stereocenters. The summed E-state index contributed by atoms with van der Waals surface area (Å²) in [6.45, 7) is 2.01. The van der Waals surface area contributed by atoms with Crippen LogP contribution in [0.25, 0.3) is 0 Å². The Bertz CT molecular complexity index is 750. The van der Waals surface area contributed by atoms with Gasteiger partial charge in [-0.05, 0) is 30.9 Å². The van der Waals surface area contributed by atoms with Crippen LogP contribution in [0.15, 0.2) is 16.9 Å². The van der Waals surface area contributed by atoms with Crippen LogP contribution in [0, 0.1) is 0 Å². The molecule has 1 aliphatic rings. The average molecular weight is 326 g/mol. The Hall–Kier alpha value is -1.72. The lowest BCUT2D eigenvalue weighted by atomic mass is 10.1. The molecule has 3 rings (SSSR count). The molecule has 1 aromatic heterocycles. The molecule has 0 saturated carbocycles. The highest BCUT2D eigenvalue weighted by atomic mass is 35.5. The van der Waals surface area contributed by atoms with Gasteiger partial charge in [-0.15, -0.1) is 5.10 Å². The van der Waals surface area contributed by atoms with Crippen molar-refractivity contribution in [1.29, 1.82) is 0 Å². The molecule has 0 bridgehead atoms. The van der Waals surface area contributed by atoms with E-state index in [1.165, 1.54) is 0 Å². The maximum atomic E-state index is 11.9. The Morgan fingerprint density at radius 2 is 2.05 bits per heavy atom.